The SMILES string of the molecule is CC1CN(C(=O)c2cn(-c3ccc4c(c3)C(=O)N(C3CCC(=O)NC3=O)C4)nn2)C2(CC2)C(=O)N1. The minimum Gasteiger partial charge on any atom is -0.350 e. The molecule has 1 aliphatic carbocycles. The molecular formula is C23H23N7O5. The highest BCUT2D eigenvalue weighted by molar-refractivity contribution is 6.05. The van der Waals surface area contributed by atoms with Crippen molar-refractivity contribution < 1.29 is 24.0 Å². The van der Waals surface area contributed by atoms with Crippen molar-refractivity contribution in [2.75, 3.05) is 6.54 Å². The molecule has 4 aliphatic rings. The maximum absolute atomic E-state index is 13.2. The minimum atomic E-state index is -0.785. The van der Waals surface area contributed by atoms with Gasteiger partial charge in [-0.2, -0.15) is 0 Å². The topological polar surface area (TPSA) is 147 Å². The number of nitrogens with zero attached hydrogens (tertiary/aromatic N) is 5. The third kappa shape index (κ3) is 3.31. The number of fused-ring (bicyclic) bond motifs is 1. The summed E-state index contributed by atoms with van der Waals surface area (Å²) in [4.78, 5) is 65.5. The van der Waals surface area contributed by atoms with Crippen molar-refractivity contribution in [2.24, 2.45) is 0 Å². The number of piperazine rings is 1. The van der Waals surface area contributed by atoms with Crippen LogP contribution in [0.2, 0.25) is 0 Å². The number of hydrogen-bond donors (Lipinski definition) is 2. The Hall–Kier alpha value is -4.09. The molecule has 0 radical (unpaired) electrons. The van der Waals surface area contributed by atoms with Gasteiger partial charge in [0.05, 0.1) is 11.9 Å². The summed E-state index contributed by atoms with van der Waals surface area (Å²) in [6.45, 7) is 2.53. The third-order valence-electron chi connectivity index (χ3n) is 7.23. The Balaban J connectivity index is 1.23. The summed E-state index contributed by atoms with van der Waals surface area (Å²) in [5.74, 6) is -1.57. The first kappa shape index (κ1) is 21.4. The second-order valence-electron chi connectivity index (χ2n) is 9.61. The number of nitrogens with one attached hydrogen (secondary N) is 2. The molecule has 180 valence electrons. The summed E-state index contributed by atoms with van der Waals surface area (Å²) in [5.41, 5.74) is 1.08. The lowest BCUT2D eigenvalue weighted by Gasteiger charge is -2.38. The van der Waals surface area contributed by atoms with Crippen molar-refractivity contribution in [1.29, 1.82) is 0 Å². The lowest BCUT2D eigenvalue weighted by molar-refractivity contribution is -0.137. The van der Waals surface area contributed by atoms with E-state index in [1.807, 2.05) is 6.92 Å². The molecule has 6 rings (SSSR count). The molecule has 12 nitrogen and oxygen atoms in total. The molecule has 1 aromatic heterocycles. The Bertz CT molecular complexity index is 1310. The van der Waals surface area contributed by atoms with Gasteiger partial charge in [-0.25, -0.2) is 4.68 Å². The average molecular weight is 477 g/mol. The van der Waals surface area contributed by atoms with E-state index in [1.165, 1.54) is 15.8 Å². The summed E-state index contributed by atoms with van der Waals surface area (Å²) < 4.78 is 1.42. The summed E-state index contributed by atoms with van der Waals surface area (Å²) in [7, 11) is 0. The van der Waals surface area contributed by atoms with Crippen molar-refractivity contribution >= 4 is 29.5 Å². The smallest absolute Gasteiger partial charge is 0.277 e. The third-order valence-corrected chi connectivity index (χ3v) is 7.23. The second-order valence-corrected chi connectivity index (χ2v) is 9.61. The number of aromatic nitrogens is 3. The average Bonchev–Trinajstić information content (AvgIpc) is 3.34. The first-order valence-corrected chi connectivity index (χ1v) is 11.6. The van der Waals surface area contributed by atoms with E-state index in [1.54, 1.807) is 23.1 Å². The molecule has 2 aromatic rings. The monoisotopic (exact) mass is 477 g/mol. The first-order chi connectivity index (χ1) is 16.8. The molecule has 2 saturated heterocycles. The number of benzene rings is 1. The summed E-state index contributed by atoms with van der Waals surface area (Å²) in [5, 5.41) is 13.3. The first-order valence-electron chi connectivity index (χ1n) is 11.6. The van der Waals surface area contributed by atoms with Gasteiger partial charge in [0, 0.05) is 31.1 Å². The van der Waals surface area contributed by atoms with Gasteiger partial charge in [-0.15, -0.1) is 5.10 Å². The minimum absolute atomic E-state index is 0.121. The maximum atomic E-state index is 13.2. The number of piperidine rings is 1. The second kappa shape index (κ2) is 7.45. The van der Waals surface area contributed by atoms with Crippen LogP contribution in [-0.4, -0.2) is 78.5 Å². The van der Waals surface area contributed by atoms with Crippen LogP contribution in [-0.2, 0) is 20.9 Å². The van der Waals surface area contributed by atoms with Crippen molar-refractivity contribution in [1.82, 2.24) is 35.4 Å². The number of carbonyl (C=O) groups excluding carboxylic acids is 5. The molecule has 1 spiro atoms. The van der Waals surface area contributed by atoms with E-state index >= 15 is 0 Å². The highest BCUT2D eigenvalue weighted by Gasteiger charge is 2.59. The van der Waals surface area contributed by atoms with Crippen LogP contribution >= 0.6 is 0 Å². The van der Waals surface area contributed by atoms with Crippen LogP contribution in [0.4, 0.5) is 0 Å². The number of rotatable bonds is 3. The molecule has 2 atom stereocenters. The van der Waals surface area contributed by atoms with Crippen LogP contribution in [0.15, 0.2) is 24.4 Å². The van der Waals surface area contributed by atoms with Crippen LogP contribution in [0.25, 0.3) is 5.69 Å². The van der Waals surface area contributed by atoms with E-state index in [9.17, 15) is 24.0 Å². The van der Waals surface area contributed by atoms with Crippen LogP contribution in [0.5, 0.6) is 0 Å². The Morgan fingerprint density at radius 1 is 1.17 bits per heavy atom. The predicted molar refractivity (Wildman–Crippen MR) is 118 cm³/mol. The normalized spacial score (nSPS) is 24.9. The number of carbonyl (C=O) groups is 5. The van der Waals surface area contributed by atoms with Gasteiger partial charge >= 0.3 is 0 Å². The Kier molecular flexibility index (Phi) is 4.57. The van der Waals surface area contributed by atoms with E-state index in [0.717, 1.165) is 5.56 Å². The van der Waals surface area contributed by atoms with Gasteiger partial charge in [0.2, 0.25) is 17.7 Å². The van der Waals surface area contributed by atoms with Crippen molar-refractivity contribution in [3.63, 3.8) is 0 Å². The number of hydrogen-bond acceptors (Lipinski definition) is 7. The molecule has 35 heavy (non-hydrogen) atoms. The van der Waals surface area contributed by atoms with Gasteiger partial charge in [0.25, 0.3) is 11.8 Å². The molecule has 1 saturated carbocycles. The van der Waals surface area contributed by atoms with Gasteiger partial charge in [0.15, 0.2) is 5.69 Å². The van der Waals surface area contributed by atoms with Gasteiger partial charge in [-0.3, -0.25) is 29.3 Å². The number of imide groups is 1. The van der Waals surface area contributed by atoms with E-state index in [-0.39, 0.29) is 48.3 Å². The highest BCUT2D eigenvalue weighted by atomic mass is 16.2. The van der Waals surface area contributed by atoms with Crippen LogP contribution in [0, 0.1) is 0 Å². The summed E-state index contributed by atoms with van der Waals surface area (Å²) >= 11 is 0. The van der Waals surface area contributed by atoms with Crippen molar-refractivity contribution in [3.05, 3.63) is 41.2 Å². The molecular weight excluding hydrogens is 454 g/mol. The molecule has 1 aromatic carbocycles. The van der Waals surface area contributed by atoms with E-state index < -0.39 is 17.5 Å². The molecule has 5 amide bonds. The van der Waals surface area contributed by atoms with Crippen LogP contribution in [0.3, 0.4) is 0 Å². The van der Waals surface area contributed by atoms with E-state index in [0.29, 0.717) is 37.1 Å². The molecule has 12 heteroatoms. The standard InChI is InChI=1S/C23H23N7O5/c1-12-9-29(23(6-7-23)22(35)24-12)21(34)16-11-30(27-26-16)14-3-2-13-10-28(20(33)15(13)8-14)17-4-5-18(31)25-19(17)32/h2-3,8,11-12,17H,4-7,9-10H2,1H3,(H,24,35)(H,25,31,32). The van der Waals surface area contributed by atoms with Gasteiger partial charge in [-0.05, 0) is 43.9 Å². The molecule has 4 heterocycles. The Morgan fingerprint density at radius 2 is 1.97 bits per heavy atom. The predicted octanol–water partition coefficient (Wildman–Crippen LogP) is -0.479. The molecule has 3 aliphatic heterocycles. The summed E-state index contributed by atoms with van der Waals surface area (Å²) in [6, 6.07) is 4.37. The zero-order valence-electron chi connectivity index (χ0n) is 19.0. The fraction of sp³-hybridized carbons (Fsp3) is 0.435. The van der Waals surface area contributed by atoms with E-state index in [2.05, 4.69) is 20.9 Å². The molecule has 2 N–H and O–H groups in total. The lowest BCUT2D eigenvalue weighted by Crippen LogP contribution is -2.62. The van der Waals surface area contributed by atoms with Gasteiger partial charge in [-0.1, -0.05) is 11.3 Å². The van der Waals surface area contributed by atoms with Crippen molar-refractivity contribution in [3.8, 4) is 5.69 Å². The van der Waals surface area contributed by atoms with Crippen LogP contribution in [0.1, 0.15) is 59.0 Å². The zero-order chi connectivity index (χ0) is 24.5. The van der Waals surface area contributed by atoms with Gasteiger partial charge < -0.3 is 15.1 Å². The molecule has 2 unspecified atom stereocenters. The van der Waals surface area contributed by atoms with Crippen LogP contribution < -0.4 is 10.6 Å². The molecule has 3 fully saturated rings. The summed E-state index contributed by atoms with van der Waals surface area (Å²) in [6.07, 6.45) is 3.23. The van der Waals surface area contributed by atoms with Crippen molar-refractivity contribution in [2.45, 2.75) is 56.8 Å². The van der Waals surface area contributed by atoms with Gasteiger partial charge in [0.1, 0.15) is 11.6 Å². The highest BCUT2D eigenvalue weighted by Crippen LogP contribution is 2.44. The Morgan fingerprint density at radius 3 is 2.71 bits per heavy atom. The molecule has 0 bridgehead atoms. The maximum Gasteiger partial charge on any atom is 0.277 e. The Labute approximate surface area is 199 Å². The lowest BCUT2D eigenvalue weighted by atomic mass is 10.0. The fourth-order valence-corrected chi connectivity index (χ4v) is 5.18. The van der Waals surface area contributed by atoms with E-state index in [4.69, 9.17) is 0 Å². The largest absolute Gasteiger partial charge is 0.350 e. The zero-order valence-corrected chi connectivity index (χ0v) is 19.0. The number of amides is 5. The quantitative estimate of drug-likeness (QED) is 0.568. The fourth-order valence-electron chi connectivity index (χ4n) is 5.18.